The third kappa shape index (κ3) is 2.63. The summed E-state index contributed by atoms with van der Waals surface area (Å²) in [7, 11) is -1.57. The molecule has 0 amide bonds. The molecular weight excluding hydrogens is 248 g/mol. The van der Waals surface area contributed by atoms with Crippen LogP contribution < -0.4 is 4.72 Å². The molecule has 0 aliphatic heterocycles. The van der Waals surface area contributed by atoms with E-state index in [1.165, 1.54) is 0 Å². The molecule has 96 valence electrons. The van der Waals surface area contributed by atoms with Crippen LogP contribution in [-0.4, -0.2) is 13.0 Å². The summed E-state index contributed by atoms with van der Waals surface area (Å²) < 4.78 is 28.8. The van der Waals surface area contributed by atoms with E-state index in [9.17, 15) is 8.42 Å². The van der Waals surface area contributed by atoms with E-state index in [4.69, 9.17) is 0 Å². The molecule has 0 spiro atoms. The van der Waals surface area contributed by atoms with Gasteiger partial charge in [0.05, 0.1) is 10.9 Å². The number of nitrogens with zero attached hydrogens (tertiary/aromatic N) is 1. The van der Waals surface area contributed by atoms with Gasteiger partial charge in [0.15, 0.2) is 0 Å². The average molecular weight is 264 g/mol. The molecular formula is C13H16N2O2S. The predicted octanol–water partition coefficient (Wildman–Crippen LogP) is 2.06. The van der Waals surface area contributed by atoms with Crippen molar-refractivity contribution in [2.45, 2.75) is 17.9 Å². The molecule has 0 saturated carbocycles. The van der Waals surface area contributed by atoms with E-state index in [0.717, 1.165) is 5.69 Å². The fourth-order valence-corrected chi connectivity index (χ4v) is 3.12. The molecule has 0 aliphatic rings. The Bertz CT molecular complexity index is 617. The number of hydrogen-bond acceptors (Lipinski definition) is 2. The third-order valence-electron chi connectivity index (χ3n) is 2.81. The standard InChI is InChI=1S/C13H16N2O2S/c1-11(13-9-6-10-15(13)2)14-18(16,17)12-7-4-3-5-8-12/h3-11,14H,1-2H3. The summed E-state index contributed by atoms with van der Waals surface area (Å²) in [5.41, 5.74) is 0.925. The van der Waals surface area contributed by atoms with E-state index in [1.54, 1.807) is 30.3 Å². The minimum absolute atomic E-state index is 0.268. The van der Waals surface area contributed by atoms with Gasteiger partial charge in [-0.15, -0.1) is 0 Å². The molecule has 5 heteroatoms. The van der Waals surface area contributed by atoms with Crippen molar-refractivity contribution in [1.82, 2.24) is 9.29 Å². The van der Waals surface area contributed by atoms with Crippen LogP contribution in [0.3, 0.4) is 0 Å². The van der Waals surface area contributed by atoms with Crippen LogP contribution in [0.15, 0.2) is 53.6 Å². The lowest BCUT2D eigenvalue weighted by Gasteiger charge is -2.15. The SMILES string of the molecule is CC(NS(=O)(=O)c1ccccc1)c1cccn1C. The lowest BCUT2D eigenvalue weighted by molar-refractivity contribution is 0.559. The lowest BCUT2D eigenvalue weighted by Crippen LogP contribution is -2.27. The number of hydrogen-bond donors (Lipinski definition) is 1. The van der Waals surface area contributed by atoms with Crippen LogP contribution in [0.5, 0.6) is 0 Å². The van der Waals surface area contributed by atoms with Crippen LogP contribution in [0, 0.1) is 0 Å². The first-order valence-electron chi connectivity index (χ1n) is 5.69. The molecule has 18 heavy (non-hydrogen) atoms. The molecule has 1 atom stereocenters. The average Bonchev–Trinajstić information content (AvgIpc) is 2.76. The second-order valence-corrected chi connectivity index (χ2v) is 5.91. The molecule has 1 heterocycles. The number of aromatic nitrogens is 1. The van der Waals surface area contributed by atoms with Gasteiger partial charge in [-0.05, 0) is 31.2 Å². The number of aryl methyl sites for hydroxylation is 1. The van der Waals surface area contributed by atoms with Crippen molar-refractivity contribution in [3.05, 3.63) is 54.4 Å². The minimum Gasteiger partial charge on any atom is -0.353 e. The second-order valence-electron chi connectivity index (χ2n) is 4.20. The van der Waals surface area contributed by atoms with Crippen LogP contribution in [0.4, 0.5) is 0 Å². The lowest BCUT2D eigenvalue weighted by atomic mass is 10.2. The fraction of sp³-hybridized carbons (Fsp3) is 0.231. The molecule has 1 aromatic heterocycles. The van der Waals surface area contributed by atoms with Gasteiger partial charge in [-0.25, -0.2) is 13.1 Å². The van der Waals surface area contributed by atoms with Gasteiger partial charge in [0, 0.05) is 18.9 Å². The first kappa shape index (κ1) is 12.9. The van der Waals surface area contributed by atoms with Gasteiger partial charge in [-0.3, -0.25) is 0 Å². The number of nitrogens with one attached hydrogen (secondary N) is 1. The van der Waals surface area contributed by atoms with Gasteiger partial charge in [0.1, 0.15) is 0 Å². The van der Waals surface area contributed by atoms with E-state index in [0.29, 0.717) is 0 Å². The summed E-state index contributed by atoms with van der Waals surface area (Å²) in [6.45, 7) is 1.83. The maximum atomic E-state index is 12.1. The van der Waals surface area contributed by atoms with Gasteiger partial charge < -0.3 is 4.57 Å². The van der Waals surface area contributed by atoms with Crippen molar-refractivity contribution in [2.24, 2.45) is 7.05 Å². The monoisotopic (exact) mass is 264 g/mol. The smallest absolute Gasteiger partial charge is 0.241 e. The zero-order valence-corrected chi connectivity index (χ0v) is 11.2. The highest BCUT2D eigenvalue weighted by molar-refractivity contribution is 7.89. The van der Waals surface area contributed by atoms with Gasteiger partial charge in [0.2, 0.25) is 10.0 Å². The summed E-state index contributed by atoms with van der Waals surface area (Å²) in [5, 5.41) is 0. The van der Waals surface area contributed by atoms with Crippen molar-refractivity contribution in [3.63, 3.8) is 0 Å². The van der Waals surface area contributed by atoms with Crippen molar-refractivity contribution in [2.75, 3.05) is 0 Å². The van der Waals surface area contributed by atoms with Crippen molar-refractivity contribution in [3.8, 4) is 0 Å². The third-order valence-corrected chi connectivity index (χ3v) is 4.37. The number of benzene rings is 1. The van der Waals surface area contributed by atoms with Crippen molar-refractivity contribution >= 4 is 10.0 Å². The topological polar surface area (TPSA) is 51.1 Å². The highest BCUT2D eigenvalue weighted by atomic mass is 32.2. The molecule has 2 aromatic rings. The fourth-order valence-electron chi connectivity index (χ4n) is 1.88. The first-order chi connectivity index (χ1) is 8.50. The zero-order chi connectivity index (χ0) is 13.2. The molecule has 0 radical (unpaired) electrons. The van der Waals surface area contributed by atoms with E-state index >= 15 is 0 Å². The maximum absolute atomic E-state index is 12.1. The van der Waals surface area contributed by atoms with Gasteiger partial charge in [0.25, 0.3) is 0 Å². The Morgan fingerprint density at radius 1 is 1.11 bits per heavy atom. The summed E-state index contributed by atoms with van der Waals surface area (Å²) in [4.78, 5) is 0.283. The Hall–Kier alpha value is -1.59. The normalized spacial score (nSPS) is 13.4. The quantitative estimate of drug-likeness (QED) is 0.919. The van der Waals surface area contributed by atoms with Crippen LogP contribution >= 0.6 is 0 Å². The Kier molecular flexibility index (Phi) is 3.54. The molecule has 1 unspecified atom stereocenters. The predicted molar refractivity (Wildman–Crippen MR) is 70.6 cm³/mol. The molecule has 1 N–H and O–H groups in total. The Morgan fingerprint density at radius 3 is 2.33 bits per heavy atom. The molecule has 2 rings (SSSR count). The summed E-state index contributed by atoms with van der Waals surface area (Å²) in [5.74, 6) is 0. The molecule has 4 nitrogen and oxygen atoms in total. The minimum atomic E-state index is -3.47. The Labute approximate surface area is 107 Å². The highest BCUT2D eigenvalue weighted by Crippen LogP contribution is 2.16. The number of sulfonamides is 1. The summed E-state index contributed by atoms with van der Waals surface area (Å²) >= 11 is 0. The van der Waals surface area contributed by atoms with E-state index < -0.39 is 10.0 Å². The maximum Gasteiger partial charge on any atom is 0.241 e. The molecule has 1 aromatic carbocycles. The zero-order valence-electron chi connectivity index (χ0n) is 10.4. The molecule has 0 bridgehead atoms. The second kappa shape index (κ2) is 4.96. The van der Waals surface area contributed by atoms with Gasteiger partial charge in [-0.2, -0.15) is 0 Å². The van der Waals surface area contributed by atoms with E-state index in [1.807, 2.05) is 36.9 Å². The van der Waals surface area contributed by atoms with E-state index in [2.05, 4.69) is 4.72 Å². The Balaban J connectivity index is 2.22. The Morgan fingerprint density at radius 2 is 1.78 bits per heavy atom. The van der Waals surface area contributed by atoms with Gasteiger partial charge in [-0.1, -0.05) is 18.2 Å². The highest BCUT2D eigenvalue weighted by Gasteiger charge is 2.18. The van der Waals surface area contributed by atoms with Gasteiger partial charge >= 0.3 is 0 Å². The van der Waals surface area contributed by atoms with Crippen LogP contribution in [0.25, 0.3) is 0 Å². The first-order valence-corrected chi connectivity index (χ1v) is 7.17. The molecule has 0 aliphatic carbocycles. The van der Waals surface area contributed by atoms with Crippen LogP contribution in [-0.2, 0) is 17.1 Å². The largest absolute Gasteiger partial charge is 0.353 e. The summed E-state index contributed by atoms with van der Waals surface area (Å²) in [6, 6.07) is 11.9. The van der Waals surface area contributed by atoms with Crippen LogP contribution in [0.1, 0.15) is 18.7 Å². The van der Waals surface area contributed by atoms with E-state index in [-0.39, 0.29) is 10.9 Å². The van der Waals surface area contributed by atoms with Crippen molar-refractivity contribution < 1.29 is 8.42 Å². The number of rotatable bonds is 4. The van der Waals surface area contributed by atoms with Crippen LogP contribution in [0.2, 0.25) is 0 Å². The van der Waals surface area contributed by atoms with Crippen molar-refractivity contribution in [1.29, 1.82) is 0 Å². The molecule has 0 fully saturated rings. The molecule has 0 saturated heterocycles. The summed E-state index contributed by atoms with van der Waals surface area (Å²) in [6.07, 6.45) is 1.89.